The molecule has 2 heteroatoms. The van der Waals surface area contributed by atoms with Crippen LogP contribution in [-0.2, 0) is 10.3 Å². The Morgan fingerprint density at radius 2 is 2.00 bits per heavy atom. The number of ether oxygens (including phenoxy) is 1. The van der Waals surface area contributed by atoms with E-state index in [1.165, 1.54) is 11.1 Å². The molecule has 0 radical (unpaired) electrons. The maximum absolute atomic E-state index is 5.70. The molecular formula is C15H23NO. The molecule has 0 aromatic heterocycles. The molecule has 1 aliphatic heterocycles. The molecule has 94 valence electrons. The predicted octanol–water partition coefficient (Wildman–Crippen LogP) is 2.99. The van der Waals surface area contributed by atoms with Crippen LogP contribution in [0, 0.1) is 0 Å². The van der Waals surface area contributed by atoms with Gasteiger partial charge in [0.15, 0.2) is 0 Å². The monoisotopic (exact) mass is 233 g/mol. The molecule has 17 heavy (non-hydrogen) atoms. The van der Waals surface area contributed by atoms with E-state index < -0.39 is 0 Å². The highest BCUT2D eigenvalue weighted by molar-refractivity contribution is 5.36. The van der Waals surface area contributed by atoms with Crippen LogP contribution < -0.4 is 0 Å². The molecular weight excluding hydrogens is 210 g/mol. The van der Waals surface area contributed by atoms with Crippen molar-refractivity contribution in [2.45, 2.75) is 32.2 Å². The molecule has 1 aromatic rings. The van der Waals surface area contributed by atoms with Crippen molar-refractivity contribution >= 4 is 0 Å². The first kappa shape index (κ1) is 12.6. The molecule has 0 N–H and O–H groups in total. The van der Waals surface area contributed by atoms with Gasteiger partial charge in [-0.1, -0.05) is 38.1 Å². The quantitative estimate of drug-likeness (QED) is 0.778. The molecule has 1 saturated heterocycles. The van der Waals surface area contributed by atoms with Crippen LogP contribution in [0.4, 0.5) is 0 Å². The van der Waals surface area contributed by atoms with Crippen LogP contribution in [-0.4, -0.2) is 31.7 Å². The zero-order valence-corrected chi connectivity index (χ0v) is 11.4. The van der Waals surface area contributed by atoms with Crippen molar-refractivity contribution in [2.24, 2.45) is 0 Å². The number of rotatable bonds is 2. The minimum absolute atomic E-state index is 0.0130. The molecule has 0 spiro atoms. The van der Waals surface area contributed by atoms with E-state index in [1.54, 1.807) is 0 Å². The lowest BCUT2D eigenvalue weighted by atomic mass is 9.83. The zero-order chi connectivity index (χ0) is 12.5. The fourth-order valence-electron chi connectivity index (χ4n) is 2.60. The summed E-state index contributed by atoms with van der Waals surface area (Å²) in [6.45, 7) is 9.43. The number of likely N-dealkylation sites (N-methyl/N-ethyl adjacent to an activating group) is 1. The number of nitrogens with zero attached hydrogens (tertiary/aromatic N) is 1. The molecule has 0 aliphatic carbocycles. The van der Waals surface area contributed by atoms with E-state index in [2.05, 4.69) is 57.0 Å². The summed E-state index contributed by atoms with van der Waals surface area (Å²) in [5.41, 5.74) is 2.86. The molecule has 1 fully saturated rings. The first-order valence-electron chi connectivity index (χ1n) is 6.44. The average Bonchev–Trinajstić information content (AvgIpc) is 2.33. The van der Waals surface area contributed by atoms with Crippen LogP contribution in [0.5, 0.6) is 0 Å². The van der Waals surface area contributed by atoms with Crippen molar-refractivity contribution < 1.29 is 4.74 Å². The highest BCUT2D eigenvalue weighted by Crippen LogP contribution is 2.34. The van der Waals surface area contributed by atoms with Crippen molar-refractivity contribution in [3.63, 3.8) is 0 Å². The SMILES string of the molecule is CC(C)c1ccccc1C1(C)COCCN1C. The summed E-state index contributed by atoms with van der Waals surface area (Å²) in [6.07, 6.45) is 0. The lowest BCUT2D eigenvalue weighted by Gasteiger charge is -2.44. The second-order valence-electron chi connectivity index (χ2n) is 5.49. The van der Waals surface area contributed by atoms with Gasteiger partial charge in [-0.05, 0) is 31.0 Å². The van der Waals surface area contributed by atoms with Crippen molar-refractivity contribution in [1.82, 2.24) is 4.90 Å². The van der Waals surface area contributed by atoms with Gasteiger partial charge in [0, 0.05) is 6.54 Å². The van der Waals surface area contributed by atoms with Crippen LogP contribution in [0.15, 0.2) is 24.3 Å². The second kappa shape index (κ2) is 4.79. The maximum atomic E-state index is 5.70. The fraction of sp³-hybridized carbons (Fsp3) is 0.600. The topological polar surface area (TPSA) is 12.5 Å². The summed E-state index contributed by atoms with van der Waals surface area (Å²) in [6, 6.07) is 8.76. The Kier molecular flexibility index (Phi) is 3.55. The van der Waals surface area contributed by atoms with Crippen LogP contribution >= 0.6 is 0 Å². The Hall–Kier alpha value is -0.860. The van der Waals surface area contributed by atoms with E-state index in [9.17, 15) is 0 Å². The lowest BCUT2D eigenvalue weighted by Crippen LogP contribution is -2.50. The number of benzene rings is 1. The minimum atomic E-state index is 0.0130. The maximum Gasteiger partial charge on any atom is 0.0690 e. The van der Waals surface area contributed by atoms with Gasteiger partial charge in [-0.3, -0.25) is 4.90 Å². The van der Waals surface area contributed by atoms with E-state index in [0.717, 1.165) is 19.8 Å². The van der Waals surface area contributed by atoms with E-state index >= 15 is 0 Å². The summed E-state index contributed by atoms with van der Waals surface area (Å²) >= 11 is 0. The van der Waals surface area contributed by atoms with Gasteiger partial charge in [-0.15, -0.1) is 0 Å². The van der Waals surface area contributed by atoms with Crippen molar-refractivity contribution in [1.29, 1.82) is 0 Å². The van der Waals surface area contributed by atoms with Crippen molar-refractivity contribution in [2.75, 3.05) is 26.8 Å². The third-order valence-electron chi connectivity index (χ3n) is 3.96. The van der Waals surface area contributed by atoms with Crippen molar-refractivity contribution in [3.05, 3.63) is 35.4 Å². The van der Waals surface area contributed by atoms with Gasteiger partial charge in [-0.25, -0.2) is 0 Å². The van der Waals surface area contributed by atoms with E-state index in [4.69, 9.17) is 4.74 Å². The molecule has 0 amide bonds. The Labute approximate surface area is 105 Å². The lowest BCUT2D eigenvalue weighted by molar-refractivity contribution is -0.0504. The van der Waals surface area contributed by atoms with Gasteiger partial charge in [-0.2, -0.15) is 0 Å². The predicted molar refractivity (Wildman–Crippen MR) is 71.3 cm³/mol. The van der Waals surface area contributed by atoms with Gasteiger partial charge >= 0.3 is 0 Å². The molecule has 1 aromatic carbocycles. The summed E-state index contributed by atoms with van der Waals surface area (Å²) in [4.78, 5) is 2.41. The molecule has 0 saturated carbocycles. The second-order valence-corrected chi connectivity index (χ2v) is 5.49. The van der Waals surface area contributed by atoms with Crippen LogP contribution in [0.3, 0.4) is 0 Å². The van der Waals surface area contributed by atoms with Crippen molar-refractivity contribution in [3.8, 4) is 0 Å². The van der Waals surface area contributed by atoms with E-state index in [-0.39, 0.29) is 5.54 Å². The minimum Gasteiger partial charge on any atom is -0.378 e. The normalized spacial score (nSPS) is 26.4. The van der Waals surface area contributed by atoms with Gasteiger partial charge < -0.3 is 4.74 Å². The Morgan fingerprint density at radius 3 is 2.65 bits per heavy atom. The molecule has 1 aliphatic rings. The van der Waals surface area contributed by atoms with E-state index in [0.29, 0.717) is 5.92 Å². The van der Waals surface area contributed by atoms with Gasteiger partial charge in [0.2, 0.25) is 0 Å². The summed E-state index contributed by atoms with van der Waals surface area (Å²) in [5.74, 6) is 0.554. The Balaban J connectivity index is 2.44. The molecule has 2 rings (SSSR count). The number of hydrogen-bond acceptors (Lipinski definition) is 2. The number of hydrogen-bond donors (Lipinski definition) is 0. The fourth-order valence-corrected chi connectivity index (χ4v) is 2.60. The highest BCUT2D eigenvalue weighted by Gasteiger charge is 2.36. The first-order valence-corrected chi connectivity index (χ1v) is 6.44. The standard InChI is InChI=1S/C15H23NO/c1-12(2)13-7-5-6-8-14(13)15(3)11-17-10-9-16(15)4/h5-8,12H,9-11H2,1-4H3. The Morgan fingerprint density at radius 1 is 1.29 bits per heavy atom. The summed E-state index contributed by atoms with van der Waals surface area (Å²) < 4.78 is 5.70. The molecule has 1 heterocycles. The average molecular weight is 233 g/mol. The highest BCUT2D eigenvalue weighted by atomic mass is 16.5. The Bertz CT molecular complexity index is 388. The smallest absolute Gasteiger partial charge is 0.0690 e. The summed E-state index contributed by atoms with van der Waals surface area (Å²) in [7, 11) is 2.19. The van der Waals surface area contributed by atoms with Gasteiger partial charge in [0.05, 0.1) is 18.8 Å². The zero-order valence-electron chi connectivity index (χ0n) is 11.4. The van der Waals surface area contributed by atoms with Gasteiger partial charge in [0.1, 0.15) is 0 Å². The largest absolute Gasteiger partial charge is 0.378 e. The van der Waals surface area contributed by atoms with Crippen LogP contribution in [0.25, 0.3) is 0 Å². The van der Waals surface area contributed by atoms with Gasteiger partial charge in [0.25, 0.3) is 0 Å². The molecule has 0 bridgehead atoms. The third kappa shape index (κ3) is 2.24. The summed E-state index contributed by atoms with van der Waals surface area (Å²) in [5, 5.41) is 0. The molecule has 1 unspecified atom stereocenters. The first-order chi connectivity index (χ1) is 8.05. The molecule has 2 nitrogen and oxygen atoms in total. The van der Waals surface area contributed by atoms with E-state index in [1.807, 2.05) is 0 Å². The third-order valence-corrected chi connectivity index (χ3v) is 3.96. The molecule has 1 atom stereocenters. The van der Waals surface area contributed by atoms with Crippen LogP contribution in [0.2, 0.25) is 0 Å². The van der Waals surface area contributed by atoms with Crippen LogP contribution in [0.1, 0.15) is 37.8 Å². The number of morpholine rings is 1.